The van der Waals surface area contributed by atoms with E-state index in [2.05, 4.69) is 13.8 Å². The van der Waals surface area contributed by atoms with Crippen molar-refractivity contribution in [2.75, 3.05) is 13.2 Å². The van der Waals surface area contributed by atoms with Crippen LogP contribution in [-0.4, -0.2) is 18.9 Å². The van der Waals surface area contributed by atoms with Crippen LogP contribution in [0.1, 0.15) is 40.5 Å². The summed E-state index contributed by atoms with van der Waals surface area (Å²) in [6.45, 7) is 9.57. The zero-order valence-corrected chi connectivity index (χ0v) is 9.39. The van der Waals surface area contributed by atoms with Gasteiger partial charge in [-0.3, -0.25) is 0 Å². The lowest BCUT2D eigenvalue weighted by molar-refractivity contribution is -0.0247. The first-order chi connectivity index (χ1) is 5.77. The molecule has 0 aliphatic rings. The Morgan fingerprint density at radius 2 is 1.62 bits per heavy atom. The van der Waals surface area contributed by atoms with Gasteiger partial charge in [-0.05, 0) is 38.6 Å². The van der Waals surface area contributed by atoms with Crippen LogP contribution in [0, 0.1) is 5.41 Å². The van der Waals surface area contributed by atoms with E-state index in [4.69, 9.17) is 16.2 Å². The van der Waals surface area contributed by atoms with E-state index in [1.807, 2.05) is 13.8 Å². The Balaban J connectivity index is 3.63. The maximum atomic E-state index is 5.69. The molecule has 0 rings (SSSR count). The summed E-state index contributed by atoms with van der Waals surface area (Å²) in [5.41, 5.74) is 10.9. The molecule has 0 aromatic rings. The van der Waals surface area contributed by atoms with Crippen LogP contribution in [0.3, 0.4) is 0 Å². The van der Waals surface area contributed by atoms with Crippen molar-refractivity contribution in [2.24, 2.45) is 16.9 Å². The molecule has 0 saturated heterocycles. The fourth-order valence-corrected chi connectivity index (χ4v) is 1.11. The third-order valence-electron chi connectivity index (χ3n) is 2.07. The molecular weight excluding hydrogens is 164 g/mol. The molecule has 0 saturated carbocycles. The lowest BCUT2D eigenvalue weighted by Gasteiger charge is -2.26. The van der Waals surface area contributed by atoms with E-state index in [1.54, 1.807) is 0 Å². The van der Waals surface area contributed by atoms with Gasteiger partial charge < -0.3 is 16.2 Å². The molecule has 0 fully saturated rings. The molecule has 0 radical (unpaired) electrons. The maximum Gasteiger partial charge on any atom is 0.111 e. The highest BCUT2D eigenvalue weighted by molar-refractivity contribution is 4.69. The molecule has 3 heteroatoms. The summed E-state index contributed by atoms with van der Waals surface area (Å²) in [6, 6.07) is 0. The molecular formula is C10H24N2O. The standard InChI is InChI=1S/C10H24N2O/c1-9(2,5-7-11)6-8-13-10(3,4)12/h5-8,11-12H2,1-4H3. The highest BCUT2D eigenvalue weighted by Gasteiger charge is 2.18. The van der Waals surface area contributed by atoms with Crippen molar-refractivity contribution >= 4 is 0 Å². The molecule has 0 heterocycles. The Kier molecular flexibility index (Phi) is 4.89. The summed E-state index contributed by atoms with van der Waals surface area (Å²) in [5, 5.41) is 0. The predicted molar refractivity (Wildman–Crippen MR) is 56.3 cm³/mol. The molecule has 0 aromatic heterocycles. The van der Waals surface area contributed by atoms with Crippen LogP contribution >= 0.6 is 0 Å². The Bertz CT molecular complexity index is 138. The molecule has 80 valence electrons. The van der Waals surface area contributed by atoms with E-state index < -0.39 is 5.72 Å². The van der Waals surface area contributed by atoms with Gasteiger partial charge in [-0.2, -0.15) is 0 Å². The van der Waals surface area contributed by atoms with Gasteiger partial charge in [0, 0.05) is 6.61 Å². The average molecular weight is 188 g/mol. The number of hydrogen-bond acceptors (Lipinski definition) is 3. The molecule has 0 spiro atoms. The first-order valence-corrected chi connectivity index (χ1v) is 4.90. The number of ether oxygens (including phenoxy) is 1. The highest BCUT2D eigenvalue weighted by Crippen LogP contribution is 2.24. The average Bonchev–Trinajstić information content (AvgIpc) is 1.82. The van der Waals surface area contributed by atoms with E-state index in [9.17, 15) is 0 Å². The van der Waals surface area contributed by atoms with Crippen LogP contribution in [0.15, 0.2) is 0 Å². The molecule has 0 amide bonds. The Labute approximate surface area is 81.8 Å². The summed E-state index contributed by atoms with van der Waals surface area (Å²) in [7, 11) is 0. The molecule has 0 atom stereocenters. The van der Waals surface area contributed by atoms with Crippen molar-refractivity contribution in [1.82, 2.24) is 0 Å². The topological polar surface area (TPSA) is 61.3 Å². The fraction of sp³-hybridized carbons (Fsp3) is 1.00. The molecule has 0 aliphatic carbocycles. The molecule has 0 unspecified atom stereocenters. The predicted octanol–water partition coefficient (Wildman–Crippen LogP) is 1.46. The van der Waals surface area contributed by atoms with Crippen LogP contribution in [0.25, 0.3) is 0 Å². The zero-order valence-electron chi connectivity index (χ0n) is 9.39. The van der Waals surface area contributed by atoms with E-state index in [0.717, 1.165) is 19.4 Å². The van der Waals surface area contributed by atoms with E-state index >= 15 is 0 Å². The van der Waals surface area contributed by atoms with Gasteiger partial charge in [0.05, 0.1) is 0 Å². The Morgan fingerprint density at radius 1 is 1.08 bits per heavy atom. The third-order valence-corrected chi connectivity index (χ3v) is 2.07. The van der Waals surface area contributed by atoms with Gasteiger partial charge in [0.1, 0.15) is 5.72 Å². The summed E-state index contributed by atoms with van der Waals surface area (Å²) in [5.74, 6) is 0. The molecule has 13 heavy (non-hydrogen) atoms. The monoisotopic (exact) mass is 188 g/mol. The molecule has 4 N–H and O–H groups in total. The fourth-order valence-electron chi connectivity index (χ4n) is 1.11. The summed E-state index contributed by atoms with van der Waals surface area (Å²) in [4.78, 5) is 0. The normalized spacial score (nSPS) is 13.4. The second-order valence-electron chi connectivity index (χ2n) is 4.90. The van der Waals surface area contributed by atoms with Gasteiger partial charge in [-0.1, -0.05) is 13.8 Å². The van der Waals surface area contributed by atoms with Crippen LogP contribution < -0.4 is 11.5 Å². The van der Waals surface area contributed by atoms with Gasteiger partial charge in [0.15, 0.2) is 0 Å². The molecule has 0 aromatic carbocycles. The van der Waals surface area contributed by atoms with Gasteiger partial charge in [0.2, 0.25) is 0 Å². The molecule has 0 bridgehead atoms. The number of nitrogens with two attached hydrogens (primary N) is 2. The SMILES string of the molecule is CC(C)(CCN)CCOC(C)(C)N. The zero-order chi connectivity index (χ0) is 10.5. The lowest BCUT2D eigenvalue weighted by Crippen LogP contribution is -2.36. The van der Waals surface area contributed by atoms with Gasteiger partial charge in [0.25, 0.3) is 0 Å². The van der Waals surface area contributed by atoms with Crippen molar-refractivity contribution in [3.63, 3.8) is 0 Å². The minimum absolute atomic E-state index is 0.264. The number of rotatable bonds is 6. The summed E-state index contributed by atoms with van der Waals surface area (Å²) >= 11 is 0. The van der Waals surface area contributed by atoms with Crippen molar-refractivity contribution in [2.45, 2.75) is 46.3 Å². The van der Waals surface area contributed by atoms with Gasteiger partial charge >= 0.3 is 0 Å². The van der Waals surface area contributed by atoms with Crippen LogP contribution in [0.4, 0.5) is 0 Å². The van der Waals surface area contributed by atoms with E-state index in [1.165, 1.54) is 0 Å². The second-order valence-corrected chi connectivity index (χ2v) is 4.90. The summed E-state index contributed by atoms with van der Waals surface area (Å²) < 4.78 is 5.45. The first kappa shape index (κ1) is 12.9. The van der Waals surface area contributed by atoms with Crippen molar-refractivity contribution < 1.29 is 4.74 Å². The molecule has 0 aliphatic heterocycles. The van der Waals surface area contributed by atoms with Gasteiger partial charge in [-0.25, -0.2) is 0 Å². The largest absolute Gasteiger partial charge is 0.361 e. The first-order valence-electron chi connectivity index (χ1n) is 4.90. The lowest BCUT2D eigenvalue weighted by atomic mass is 9.86. The number of hydrogen-bond donors (Lipinski definition) is 2. The van der Waals surface area contributed by atoms with E-state index in [0.29, 0.717) is 6.61 Å². The van der Waals surface area contributed by atoms with Crippen LogP contribution in [-0.2, 0) is 4.74 Å². The smallest absolute Gasteiger partial charge is 0.111 e. The highest BCUT2D eigenvalue weighted by atomic mass is 16.5. The Morgan fingerprint density at radius 3 is 2.00 bits per heavy atom. The van der Waals surface area contributed by atoms with E-state index in [-0.39, 0.29) is 5.41 Å². The third kappa shape index (κ3) is 8.22. The van der Waals surface area contributed by atoms with Crippen molar-refractivity contribution in [3.8, 4) is 0 Å². The van der Waals surface area contributed by atoms with Crippen LogP contribution in [0.5, 0.6) is 0 Å². The summed E-state index contributed by atoms with van der Waals surface area (Å²) in [6.07, 6.45) is 2.03. The quantitative estimate of drug-likeness (QED) is 0.620. The minimum atomic E-state index is -0.515. The van der Waals surface area contributed by atoms with Gasteiger partial charge in [-0.15, -0.1) is 0 Å². The Hall–Kier alpha value is -0.120. The second kappa shape index (κ2) is 4.94. The minimum Gasteiger partial charge on any atom is -0.361 e. The van der Waals surface area contributed by atoms with Crippen LogP contribution in [0.2, 0.25) is 0 Å². The molecule has 3 nitrogen and oxygen atoms in total. The maximum absolute atomic E-state index is 5.69. The van der Waals surface area contributed by atoms with Crippen molar-refractivity contribution in [3.05, 3.63) is 0 Å². The van der Waals surface area contributed by atoms with Crippen molar-refractivity contribution in [1.29, 1.82) is 0 Å².